The molecule has 2 N–H and O–H groups in total. The van der Waals surface area contributed by atoms with Crippen LogP contribution in [0.3, 0.4) is 0 Å². The van der Waals surface area contributed by atoms with Crippen molar-refractivity contribution in [2.24, 2.45) is 0 Å². The highest BCUT2D eigenvalue weighted by molar-refractivity contribution is 5.56. The first-order valence-corrected chi connectivity index (χ1v) is 4.83. The lowest BCUT2D eigenvalue weighted by Crippen LogP contribution is -2.15. The first kappa shape index (κ1) is 9.81. The Balaban J connectivity index is 2.11. The van der Waals surface area contributed by atoms with E-state index >= 15 is 0 Å². The second kappa shape index (κ2) is 4.20. The minimum Gasteiger partial charge on any atom is -0.488 e. The molecule has 1 aromatic carbocycles. The average molecular weight is 204 g/mol. The van der Waals surface area contributed by atoms with Gasteiger partial charge in [0, 0.05) is 12.1 Å². The van der Waals surface area contributed by atoms with Crippen molar-refractivity contribution >= 4 is 5.69 Å². The predicted octanol–water partition coefficient (Wildman–Crippen LogP) is 1.31. The molecule has 1 heterocycles. The molecule has 0 saturated carbocycles. The van der Waals surface area contributed by atoms with E-state index in [2.05, 4.69) is 0 Å². The lowest BCUT2D eigenvalue weighted by Gasteiger charge is -2.12. The summed E-state index contributed by atoms with van der Waals surface area (Å²) in [6, 6.07) is 7.14. The van der Waals surface area contributed by atoms with E-state index in [4.69, 9.17) is 20.5 Å². The Hall–Kier alpha value is -1.73. The maximum atomic E-state index is 8.79. The summed E-state index contributed by atoms with van der Waals surface area (Å²) in [6.45, 7) is 1.36. The minimum atomic E-state index is 0.0974. The number of rotatable bonds is 2. The van der Waals surface area contributed by atoms with Gasteiger partial charge < -0.3 is 15.2 Å². The monoisotopic (exact) mass is 204 g/mol. The van der Waals surface area contributed by atoms with Crippen LogP contribution >= 0.6 is 0 Å². The summed E-state index contributed by atoms with van der Waals surface area (Å²) in [6.07, 6.45) is 0.992. The van der Waals surface area contributed by atoms with Crippen molar-refractivity contribution in [1.29, 1.82) is 5.26 Å². The van der Waals surface area contributed by atoms with Crippen LogP contribution in [0.1, 0.15) is 12.0 Å². The van der Waals surface area contributed by atoms with E-state index < -0.39 is 0 Å². The van der Waals surface area contributed by atoms with E-state index in [1.54, 1.807) is 18.2 Å². The summed E-state index contributed by atoms with van der Waals surface area (Å²) in [7, 11) is 0. The molecule has 1 unspecified atom stereocenters. The Bertz CT molecular complexity index is 392. The van der Waals surface area contributed by atoms with E-state index in [1.165, 1.54) is 0 Å². The fourth-order valence-corrected chi connectivity index (χ4v) is 1.50. The van der Waals surface area contributed by atoms with E-state index in [1.807, 2.05) is 6.07 Å². The van der Waals surface area contributed by atoms with Gasteiger partial charge in [0.05, 0.1) is 18.8 Å². The number of hydrogen-bond donors (Lipinski definition) is 1. The number of nitrogens with two attached hydrogens (primary N) is 1. The van der Waals surface area contributed by atoms with Gasteiger partial charge in [-0.2, -0.15) is 5.26 Å². The lowest BCUT2D eigenvalue weighted by molar-refractivity contribution is 0.141. The lowest BCUT2D eigenvalue weighted by atomic mass is 10.2. The second-order valence-electron chi connectivity index (χ2n) is 3.46. The molecule has 0 aliphatic carbocycles. The number of anilines is 1. The molecule has 0 bridgehead atoms. The summed E-state index contributed by atoms with van der Waals surface area (Å²) >= 11 is 0. The quantitative estimate of drug-likeness (QED) is 0.737. The van der Waals surface area contributed by atoms with Gasteiger partial charge in [-0.3, -0.25) is 0 Å². The van der Waals surface area contributed by atoms with E-state index in [0.717, 1.165) is 13.0 Å². The maximum absolute atomic E-state index is 8.79. The first-order valence-electron chi connectivity index (χ1n) is 4.83. The highest BCUT2D eigenvalue weighted by atomic mass is 16.5. The van der Waals surface area contributed by atoms with Crippen LogP contribution in [-0.4, -0.2) is 19.3 Å². The number of ether oxygens (including phenoxy) is 2. The van der Waals surface area contributed by atoms with Gasteiger partial charge in [0.1, 0.15) is 17.9 Å². The van der Waals surface area contributed by atoms with Gasteiger partial charge in [0.2, 0.25) is 0 Å². The molecule has 1 saturated heterocycles. The smallest absolute Gasteiger partial charge is 0.124 e. The molecule has 78 valence electrons. The molecule has 1 aliphatic heterocycles. The molecule has 2 rings (SSSR count). The molecule has 4 nitrogen and oxygen atoms in total. The van der Waals surface area contributed by atoms with Crippen molar-refractivity contribution in [1.82, 2.24) is 0 Å². The summed E-state index contributed by atoms with van der Waals surface area (Å²) in [5.74, 6) is 0.677. The number of benzene rings is 1. The Kier molecular flexibility index (Phi) is 2.75. The number of hydrogen-bond acceptors (Lipinski definition) is 4. The van der Waals surface area contributed by atoms with Crippen LogP contribution < -0.4 is 10.5 Å². The number of nitrogens with zero attached hydrogens (tertiary/aromatic N) is 1. The Labute approximate surface area is 88.2 Å². The van der Waals surface area contributed by atoms with Crippen molar-refractivity contribution in [3.8, 4) is 11.8 Å². The van der Waals surface area contributed by atoms with Gasteiger partial charge in [0.25, 0.3) is 0 Å². The van der Waals surface area contributed by atoms with Crippen LogP contribution in [0.15, 0.2) is 18.2 Å². The topological polar surface area (TPSA) is 68.3 Å². The summed E-state index contributed by atoms with van der Waals surface area (Å²) in [5.41, 5.74) is 6.53. The van der Waals surface area contributed by atoms with Crippen molar-refractivity contribution in [2.75, 3.05) is 18.9 Å². The van der Waals surface area contributed by atoms with Gasteiger partial charge in [0.15, 0.2) is 0 Å². The van der Waals surface area contributed by atoms with Crippen molar-refractivity contribution in [3.63, 3.8) is 0 Å². The van der Waals surface area contributed by atoms with Crippen LogP contribution in [0.2, 0.25) is 0 Å². The molecule has 0 aromatic heterocycles. The average Bonchev–Trinajstić information content (AvgIpc) is 2.73. The third kappa shape index (κ3) is 2.20. The maximum Gasteiger partial charge on any atom is 0.124 e. The van der Waals surface area contributed by atoms with E-state index in [0.29, 0.717) is 23.6 Å². The zero-order valence-corrected chi connectivity index (χ0v) is 8.27. The summed E-state index contributed by atoms with van der Waals surface area (Å²) in [5, 5.41) is 8.79. The zero-order valence-electron chi connectivity index (χ0n) is 8.27. The normalized spacial score (nSPS) is 19.8. The zero-order chi connectivity index (χ0) is 10.7. The third-order valence-corrected chi connectivity index (χ3v) is 2.34. The molecule has 0 amide bonds. The third-order valence-electron chi connectivity index (χ3n) is 2.34. The van der Waals surface area contributed by atoms with Crippen LogP contribution in [0, 0.1) is 11.3 Å². The first-order chi connectivity index (χ1) is 7.29. The molecule has 0 spiro atoms. The highest BCUT2D eigenvalue weighted by Crippen LogP contribution is 2.21. The molecular formula is C11H12N2O2. The molecule has 1 aliphatic rings. The van der Waals surface area contributed by atoms with Gasteiger partial charge in [-0.05, 0) is 18.2 Å². The summed E-state index contributed by atoms with van der Waals surface area (Å²) in [4.78, 5) is 0. The van der Waals surface area contributed by atoms with Crippen molar-refractivity contribution < 1.29 is 9.47 Å². The number of nitrogen functional groups attached to an aromatic ring is 1. The van der Waals surface area contributed by atoms with Crippen LogP contribution in [0.25, 0.3) is 0 Å². The van der Waals surface area contributed by atoms with Crippen molar-refractivity contribution in [3.05, 3.63) is 23.8 Å². The fourth-order valence-electron chi connectivity index (χ4n) is 1.50. The summed E-state index contributed by atoms with van der Waals surface area (Å²) < 4.78 is 10.8. The fraction of sp³-hybridized carbons (Fsp3) is 0.364. The molecule has 0 radical (unpaired) electrons. The molecule has 4 heteroatoms. The Morgan fingerprint density at radius 2 is 2.40 bits per heavy atom. The van der Waals surface area contributed by atoms with E-state index in [-0.39, 0.29) is 6.10 Å². The second-order valence-corrected chi connectivity index (χ2v) is 3.46. The van der Waals surface area contributed by atoms with Crippen molar-refractivity contribution in [2.45, 2.75) is 12.5 Å². The Morgan fingerprint density at radius 1 is 1.53 bits per heavy atom. The highest BCUT2D eigenvalue weighted by Gasteiger charge is 2.17. The Morgan fingerprint density at radius 3 is 3.07 bits per heavy atom. The van der Waals surface area contributed by atoms with E-state index in [9.17, 15) is 0 Å². The predicted molar refractivity (Wildman–Crippen MR) is 55.4 cm³/mol. The van der Waals surface area contributed by atoms with Crippen LogP contribution in [0.5, 0.6) is 5.75 Å². The van der Waals surface area contributed by atoms with Crippen LogP contribution in [-0.2, 0) is 4.74 Å². The minimum absolute atomic E-state index is 0.0974. The van der Waals surface area contributed by atoms with Crippen LogP contribution in [0.4, 0.5) is 5.69 Å². The standard InChI is InChI=1S/C11H12N2O2/c12-6-8-5-9(1-2-11(8)13)15-10-3-4-14-7-10/h1-2,5,10H,3-4,7,13H2. The number of nitriles is 1. The molecule has 15 heavy (non-hydrogen) atoms. The largest absolute Gasteiger partial charge is 0.488 e. The van der Waals surface area contributed by atoms with Gasteiger partial charge in [-0.1, -0.05) is 0 Å². The molecule has 1 fully saturated rings. The molecule has 1 atom stereocenters. The van der Waals surface area contributed by atoms with Gasteiger partial charge in [-0.25, -0.2) is 0 Å². The van der Waals surface area contributed by atoms with Gasteiger partial charge in [-0.15, -0.1) is 0 Å². The SMILES string of the molecule is N#Cc1cc(OC2CCOC2)ccc1N. The molecule has 1 aromatic rings. The van der Waals surface area contributed by atoms with Gasteiger partial charge >= 0.3 is 0 Å². The molecular weight excluding hydrogens is 192 g/mol.